The maximum Gasteiger partial charge on any atom is 0.414 e. The number of cyclic esters (lactones) is 1. The molecule has 0 spiro atoms. The van der Waals surface area contributed by atoms with Crippen molar-refractivity contribution < 1.29 is 23.9 Å². The van der Waals surface area contributed by atoms with Gasteiger partial charge in [0.2, 0.25) is 5.91 Å². The molecule has 0 saturated carbocycles. The van der Waals surface area contributed by atoms with Crippen LogP contribution in [0.25, 0.3) is 0 Å². The largest absolute Gasteiger partial charge is 0.442 e. The number of rotatable bonds is 5. The lowest BCUT2D eigenvalue weighted by atomic mass is 9.88. The number of aryl methyl sites for hydroxylation is 1. The highest BCUT2D eigenvalue weighted by atomic mass is 16.6. The van der Waals surface area contributed by atoms with Gasteiger partial charge in [-0.05, 0) is 55.2 Å². The van der Waals surface area contributed by atoms with E-state index in [9.17, 15) is 19.2 Å². The van der Waals surface area contributed by atoms with Crippen molar-refractivity contribution in [3.05, 3.63) is 59.4 Å². The van der Waals surface area contributed by atoms with Crippen molar-refractivity contribution in [2.45, 2.75) is 32.3 Å². The van der Waals surface area contributed by atoms with Gasteiger partial charge in [-0.3, -0.25) is 24.3 Å². The number of ketones is 2. The monoisotopic (exact) mass is 421 g/mol. The van der Waals surface area contributed by atoms with Gasteiger partial charge in [0.15, 0.2) is 11.6 Å². The molecule has 2 atom stereocenters. The van der Waals surface area contributed by atoms with Gasteiger partial charge in [-0.15, -0.1) is 0 Å². The molecule has 0 unspecified atom stereocenters. The van der Waals surface area contributed by atoms with E-state index in [1.807, 2.05) is 6.07 Å². The van der Waals surface area contributed by atoms with E-state index >= 15 is 0 Å². The number of amides is 2. The van der Waals surface area contributed by atoms with Crippen molar-refractivity contribution in [1.29, 1.82) is 0 Å². The summed E-state index contributed by atoms with van der Waals surface area (Å²) in [5.41, 5.74) is 2.47. The summed E-state index contributed by atoms with van der Waals surface area (Å²) in [4.78, 5) is 54.9. The molecule has 2 aromatic rings. The smallest absolute Gasteiger partial charge is 0.414 e. The van der Waals surface area contributed by atoms with Crippen molar-refractivity contribution in [2.75, 3.05) is 18.0 Å². The first-order chi connectivity index (χ1) is 14.9. The maximum atomic E-state index is 13.2. The number of anilines is 1. The molecule has 1 fully saturated rings. The SMILES string of the molecule is CC(=O)NC[C@H]1CN(c2ccc3c(c2)CCC[C@H](C(=O)c2ccncc2)C3=O)C(=O)O1. The van der Waals surface area contributed by atoms with Crippen LogP contribution in [0.2, 0.25) is 0 Å². The van der Waals surface area contributed by atoms with Crippen LogP contribution in [-0.4, -0.2) is 47.7 Å². The third kappa shape index (κ3) is 4.33. The summed E-state index contributed by atoms with van der Waals surface area (Å²) >= 11 is 0. The number of aromatic nitrogens is 1. The molecule has 31 heavy (non-hydrogen) atoms. The van der Waals surface area contributed by atoms with Crippen molar-refractivity contribution in [1.82, 2.24) is 10.3 Å². The Morgan fingerprint density at radius 2 is 1.97 bits per heavy atom. The number of hydrogen-bond acceptors (Lipinski definition) is 6. The molecule has 2 amide bonds. The van der Waals surface area contributed by atoms with E-state index in [4.69, 9.17) is 4.74 Å². The second-order valence-electron chi connectivity index (χ2n) is 7.80. The van der Waals surface area contributed by atoms with Crippen LogP contribution in [0.4, 0.5) is 10.5 Å². The Bertz CT molecular complexity index is 1040. The lowest BCUT2D eigenvalue weighted by Crippen LogP contribution is -2.33. The molecule has 4 rings (SSSR count). The van der Waals surface area contributed by atoms with Crippen molar-refractivity contribution in [2.24, 2.45) is 5.92 Å². The van der Waals surface area contributed by atoms with Gasteiger partial charge in [-0.25, -0.2) is 4.79 Å². The zero-order valence-corrected chi connectivity index (χ0v) is 17.2. The number of fused-ring (bicyclic) bond motifs is 1. The van der Waals surface area contributed by atoms with E-state index in [-0.39, 0.29) is 24.0 Å². The van der Waals surface area contributed by atoms with Crippen LogP contribution in [0.3, 0.4) is 0 Å². The average Bonchev–Trinajstić information content (AvgIpc) is 3.07. The predicted octanol–water partition coefficient (Wildman–Crippen LogP) is 2.56. The summed E-state index contributed by atoms with van der Waals surface area (Å²) in [6.45, 7) is 1.97. The van der Waals surface area contributed by atoms with Gasteiger partial charge >= 0.3 is 6.09 Å². The first-order valence-electron chi connectivity index (χ1n) is 10.3. The van der Waals surface area contributed by atoms with Crippen molar-refractivity contribution in [3.8, 4) is 0 Å². The standard InChI is InChI=1S/C23H23N3O5/c1-14(27)25-12-18-13-26(23(30)31-18)17-5-6-19-16(11-17)3-2-4-20(22(19)29)21(28)15-7-9-24-10-8-15/h5-11,18,20H,2-4,12-13H2,1H3,(H,25,27)/t18-,20+/m0/s1. The van der Waals surface area contributed by atoms with E-state index in [0.29, 0.717) is 42.6 Å². The van der Waals surface area contributed by atoms with Crippen LogP contribution in [0, 0.1) is 5.92 Å². The second-order valence-corrected chi connectivity index (χ2v) is 7.80. The molecule has 1 aliphatic carbocycles. The molecule has 1 saturated heterocycles. The normalized spacial score (nSPS) is 20.6. The third-order valence-corrected chi connectivity index (χ3v) is 5.66. The Hall–Kier alpha value is -3.55. The van der Waals surface area contributed by atoms with Crippen molar-refractivity contribution in [3.63, 3.8) is 0 Å². The average molecular weight is 421 g/mol. The number of hydrogen-bond donors (Lipinski definition) is 1. The quantitative estimate of drug-likeness (QED) is 0.452. The van der Waals surface area contributed by atoms with E-state index in [1.54, 1.807) is 36.7 Å². The van der Waals surface area contributed by atoms with Gasteiger partial charge in [-0.2, -0.15) is 0 Å². The van der Waals surface area contributed by atoms with Gasteiger partial charge in [0.25, 0.3) is 0 Å². The molecule has 0 bridgehead atoms. The van der Waals surface area contributed by atoms with E-state index < -0.39 is 18.1 Å². The molecule has 0 radical (unpaired) electrons. The fraction of sp³-hybridized carbons (Fsp3) is 0.348. The minimum Gasteiger partial charge on any atom is -0.442 e. The molecular weight excluding hydrogens is 398 g/mol. The number of ether oxygens (including phenoxy) is 1. The maximum absolute atomic E-state index is 13.2. The number of carbonyl (C=O) groups is 4. The summed E-state index contributed by atoms with van der Waals surface area (Å²) in [6, 6.07) is 8.48. The molecule has 2 aliphatic rings. The number of carbonyl (C=O) groups excluding carboxylic acids is 4. The van der Waals surface area contributed by atoms with Crippen LogP contribution in [0.5, 0.6) is 0 Å². The lowest BCUT2D eigenvalue weighted by molar-refractivity contribution is -0.119. The Morgan fingerprint density at radius 3 is 2.71 bits per heavy atom. The van der Waals surface area contributed by atoms with Gasteiger partial charge in [0.1, 0.15) is 6.10 Å². The summed E-state index contributed by atoms with van der Waals surface area (Å²) in [5, 5.41) is 2.65. The summed E-state index contributed by atoms with van der Waals surface area (Å²) in [7, 11) is 0. The van der Waals surface area contributed by atoms with Crippen LogP contribution >= 0.6 is 0 Å². The molecule has 1 aliphatic heterocycles. The van der Waals surface area contributed by atoms with E-state index in [0.717, 1.165) is 5.56 Å². The number of nitrogens with one attached hydrogen (secondary N) is 1. The van der Waals surface area contributed by atoms with Gasteiger partial charge in [0.05, 0.1) is 19.0 Å². The van der Waals surface area contributed by atoms with Gasteiger partial charge < -0.3 is 10.1 Å². The Kier molecular flexibility index (Phi) is 5.79. The second kappa shape index (κ2) is 8.67. The molecule has 8 heteroatoms. The highest BCUT2D eigenvalue weighted by Crippen LogP contribution is 2.31. The molecular formula is C23H23N3O5. The first kappa shape index (κ1) is 20.7. The van der Waals surface area contributed by atoms with Crippen LogP contribution in [0.1, 0.15) is 46.0 Å². The topological polar surface area (TPSA) is 106 Å². The molecule has 160 valence electrons. The summed E-state index contributed by atoms with van der Waals surface area (Å²) in [5.74, 6) is -1.27. The van der Waals surface area contributed by atoms with Gasteiger partial charge in [0, 0.05) is 36.1 Å². The van der Waals surface area contributed by atoms with Gasteiger partial charge in [-0.1, -0.05) is 0 Å². The number of nitrogens with zero attached hydrogens (tertiary/aromatic N) is 2. The molecule has 2 heterocycles. The molecule has 1 N–H and O–H groups in total. The van der Waals surface area contributed by atoms with E-state index in [1.165, 1.54) is 11.8 Å². The fourth-order valence-electron chi connectivity index (χ4n) is 4.07. The number of benzene rings is 1. The Balaban J connectivity index is 1.54. The predicted molar refractivity (Wildman–Crippen MR) is 112 cm³/mol. The zero-order valence-electron chi connectivity index (χ0n) is 17.2. The molecule has 1 aromatic heterocycles. The molecule has 1 aromatic carbocycles. The van der Waals surface area contributed by atoms with Crippen LogP contribution < -0.4 is 10.2 Å². The molecule has 8 nitrogen and oxygen atoms in total. The number of pyridine rings is 1. The number of Topliss-reactive ketones (excluding diaryl/α,β-unsaturated/α-hetero) is 2. The lowest BCUT2D eigenvalue weighted by Gasteiger charge is -2.16. The summed E-state index contributed by atoms with van der Waals surface area (Å²) < 4.78 is 5.32. The summed E-state index contributed by atoms with van der Waals surface area (Å²) in [6.07, 6.45) is 3.99. The Morgan fingerprint density at radius 1 is 1.19 bits per heavy atom. The minimum atomic E-state index is -0.715. The van der Waals surface area contributed by atoms with Crippen LogP contribution in [-0.2, 0) is 16.0 Å². The first-order valence-corrected chi connectivity index (χ1v) is 10.3. The highest BCUT2D eigenvalue weighted by Gasteiger charge is 2.35. The third-order valence-electron chi connectivity index (χ3n) is 5.66. The minimum absolute atomic E-state index is 0.186. The fourth-order valence-corrected chi connectivity index (χ4v) is 4.07. The van der Waals surface area contributed by atoms with Crippen molar-refractivity contribution >= 4 is 29.3 Å². The zero-order chi connectivity index (χ0) is 22.0. The van der Waals surface area contributed by atoms with E-state index in [2.05, 4.69) is 10.3 Å². The highest BCUT2D eigenvalue weighted by molar-refractivity contribution is 6.16. The van der Waals surface area contributed by atoms with Crippen LogP contribution in [0.15, 0.2) is 42.7 Å². The Labute approximate surface area is 179 Å².